The number of rotatable bonds is 1. The van der Waals surface area contributed by atoms with Gasteiger partial charge in [-0.15, -0.1) is 0 Å². The summed E-state index contributed by atoms with van der Waals surface area (Å²) in [5, 5.41) is 9.72. The summed E-state index contributed by atoms with van der Waals surface area (Å²) in [5.41, 5.74) is 5.91. The second-order valence-corrected chi connectivity index (χ2v) is 4.22. The Morgan fingerprint density at radius 1 is 1.69 bits per heavy atom. The van der Waals surface area contributed by atoms with Gasteiger partial charge in [0.05, 0.1) is 16.7 Å². The molecule has 1 aliphatic heterocycles. The summed E-state index contributed by atoms with van der Waals surface area (Å²) < 4.78 is 0. The van der Waals surface area contributed by atoms with Crippen LogP contribution in [-0.4, -0.2) is 40.1 Å². The molecule has 1 aromatic rings. The number of halogens is 1. The standard InChI is InChI=1S/C10H12ClN3O2/c11-6-3-8(9(12)13-4-6)10(16)14-2-1-7(15)5-14/h3-4,7,15H,1-2,5H2,(H2,12,13)/t7-/m0/s1. The first-order valence-corrected chi connectivity index (χ1v) is 5.34. The van der Waals surface area contributed by atoms with Gasteiger partial charge in [-0.05, 0) is 12.5 Å². The van der Waals surface area contributed by atoms with E-state index >= 15 is 0 Å². The molecule has 6 heteroatoms. The highest BCUT2D eigenvalue weighted by Crippen LogP contribution is 2.19. The van der Waals surface area contributed by atoms with Crippen LogP contribution in [0.3, 0.4) is 0 Å². The monoisotopic (exact) mass is 241 g/mol. The maximum Gasteiger partial charge on any atom is 0.257 e. The summed E-state index contributed by atoms with van der Waals surface area (Å²) in [6, 6.07) is 1.50. The molecule has 1 aromatic heterocycles. The second-order valence-electron chi connectivity index (χ2n) is 3.78. The lowest BCUT2D eigenvalue weighted by molar-refractivity contribution is 0.0765. The molecule has 1 atom stereocenters. The number of carbonyl (C=O) groups is 1. The molecule has 0 aliphatic carbocycles. The maximum absolute atomic E-state index is 12.0. The van der Waals surface area contributed by atoms with Crippen molar-refractivity contribution >= 4 is 23.3 Å². The van der Waals surface area contributed by atoms with E-state index < -0.39 is 6.10 Å². The van der Waals surface area contributed by atoms with E-state index in [1.165, 1.54) is 12.3 Å². The van der Waals surface area contributed by atoms with Crippen molar-refractivity contribution < 1.29 is 9.90 Å². The van der Waals surface area contributed by atoms with Gasteiger partial charge in [-0.3, -0.25) is 4.79 Å². The van der Waals surface area contributed by atoms with Gasteiger partial charge >= 0.3 is 0 Å². The van der Waals surface area contributed by atoms with Gasteiger partial charge in [-0.2, -0.15) is 0 Å². The third-order valence-corrected chi connectivity index (χ3v) is 2.77. The number of aromatic nitrogens is 1. The van der Waals surface area contributed by atoms with E-state index in [0.29, 0.717) is 30.1 Å². The molecule has 0 spiro atoms. The van der Waals surface area contributed by atoms with Gasteiger partial charge in [0, 0.05) is 19.3 Å². The van der Waals surface area contributed by atoms with Crippen molar-refractivity contribution in [1.29, 1.82) is 0 Å². The highest BCUT2D eigenvalue weighted by Gasteiger charge is 2.26. The lowest BCUT2D eigenvalue weighted by atomic mass is 10.2. The number of hydrogen-bond acceptors (Lipinski definition) is 4. The number of carbonyl (C=O) groups excluding carboxylic acids is 1. The van der Waals surface area contributed by atoms with Gasteiger partial charge in [-0.25, -0.2) is 4.98 Å². The summed E-state index contributed by atoms with van der Waals surface area (Å²) in [5.74, 6) is -0.0696. The Kier molecular flexibility index (Phi) is 2.98. The summed E-state index contributed by atoms with van der Waals surface area (Å²) in [7, 11) is 0. The number of hydrogen-bond donors (Lipinski definition) is 2. The van der Waals surface area contributed by atoms with E-state index in [0.717, 1.165) is 0 Å². The third-order valence-electron chi connectivity index (χ3n) is 2.57. The molecule has 16 heavy (non-hydrogen) atoms. The first kappa shape index (κ1) is 11.2. The molecule has 1 amide bonds. The van der Waals surface area contributed by atoms with Gasteiger partial charge in [0.15, 0.2) is 0 Å². The first-order chi connectivity index (χ1) is 7.58. The average molecular weight is 242 g/mol. The second kappa shape index (κ2) is 4.27. The number of nitrogens with two attached hydrogens (primary N) is 1. The van der Waals surface area contributed by atoms with Crippen molar-refractivity contribution in [1.82, 2.24) is 9.88 Å². The minimum absolute atomic E-state index is 0.163. The zero-order chi connectivity index (χ0) is 11.7. The number of aliphatic hydroxyl groups excluding tert-OH is 1. The highest BCUT2D eigenvalue weighted by atomic mass is 35.5. The minimum atomic E-state index is -0.447. The lowest BCUT2D eigenvalue weighted by Gasteiger charge is -2.16. The van der Waals surface area contributed by atoms with E-state index in [2.05, 4.69) is 4.98 Å². The van der Waals surface area contributed by atoms with E-state index in [1.54, 1.807) is 4.90 Å². The topological polar surface area (TPSA) is 79.5 Å². The molecular formula is C10H12ClN3O2. The molecule has 3 N–H and O–H groups in total. The summed E-state index contributed by atoms with van der Waals surface area (Å²) in [6.45, 7) is 0.872. The molecule has 1 fully saturated rings. The molecule has 0 saturated carbocycles. The van der Waals surface area contributed by atoms with Gasteiger partial charge < -0.3 is 15.7 Å². The van der Waals surface area contributed by atoms with E-state index in [4.69, 9.17) is 17.3 Å². The van der Waals surface area contributed by atoms with Crippen LogP contribution < -0.4 is 5.73 Å². The summed E-state index contributed by atoms with van der Waals surface area (Å²) in [6.07, 6.45) is 1.55. The van der Waals surface area contributed by atoms with Gasteiger partial charge in [0.2, 0.25) is 0 Å². The molecule has 5 nitrogen and oxygen atoms in total. The third kappa shape index (κ3) is 2.10. The molecule has 2 rings (SSSR count). The SMILES string of the molecule is Nc1ncc(Cl)cc1C(=O)N1CC[C@H](O)C1. The zero-order valence-electron chi connectivity index (χ0n) is 8.56. The van der Waals surface area contributed by atoms with E-state index in [1.807, 2.05) is 0 Å². The quantitative estimate of drug-likeness (QED) is 0.752. The van der Waals surface area contributed by atoms with Crippen molar-refractivity contribution in [3.8, 4) is 0 Å². The van der Waals surface area contributed by atoms with Gasteiger partial charge in [-0.1, -0.05) is 11.6 Å². The Morgan fingerprint density at radius 2 is 2.44 bits per heavy atom. The van der Waals surface area contributed by atoms with E-state index in [9.17, 15) is 9.90 Å². The van der Waals surface area contributed by atoms with Crippen LogP contribution in [0.5, 0.6) is 0 Å². The Balaban J connectivity index is 2.23. The number of pyridine rings is 1. The van der Waals surface area contributed by atoms with Crippen molar-refractivity contribution in [3.05, 3.63) is 22.8 Å². The Hall–Kier alpha value is -1.33. The molecule has 0 radical (unpaired) electrons. The van der Waals surface area contributed by atoms with Crippen LogP contribution in [0.4, 0.5) is 5.82 Å². The van der Waals surface area contributed by atoms with Crippen LogP contribution in [0.15, 0.2) is 12.3 Å². The number of aliphatic hydroxyl groups is 1. The van der Waals surface area contributed by atoms with Crippen molar-refractivity contribution in [2.24, 2.45) is 0 Å². The maximum atomic E-state index is 12.0. The molecule has 2 heterocycles. The largest absolute Gasteiger partial charge is 0.391 e. The average Bonchev–Trinajstić information content (AvgIpc) is 2.67. The number of nitrogen functional groups attached to an aromatic ring is 1. The molecule has 86 valence electrons. The normalized spacial score (nSPS) is 20.1. The molecule has 0 unspecified atom stereocenters. The van der Waals surface area contributed by atoms with E-state index in [-0.39, 0.29) is 11.7 Å². The Bertz CT molecular complexity index is 425. The predicted molar refractivity (Wildman–Crippen MR) is 60.2 cm³/mol. The highest BCUT2D eigenvalue weighted by molar-refractivity contribution is 6.31. The van der Waals surface area contributed by atoms with Crippen molar-refractivity contribution in [2.75, 3.05) is 18.8 Å². The molecule has 0 bridgehead atoms. The predicted octanol–water partition coefficient (Wildman–Crippen LogP) is 0.524. The van der Waals surface area contributed by atoms with Crippen LogP contribution in [0, 0.1) is 0 Å². The fourth-order valence-corrected chi connectivity index (χ4v) is 1.88. The molecule has 0 aromatic carbocycles. The first-order valence-electron chi connectivity index (χ1n) is 4.96. The van der Waals surface area contributed by atoms with Gasteiger partial charge in [0.25, 0.3) is 5.91 Å². The summed E-state index contributed by atoms with van der Waals surface area (Å²) in [4.78, 5) is 17.4. The van der Waals surface area contributed by atoms with Crippen LogP contribution in [-0.2, 0) is 0 Å². The van der Waals surface area contributed by atoms with Crippen LogP contribution >= 0.6 is 11.6 Å². The van der Waals surface area contributed by atoms with Crippen LogP contribution in [0.25, 0.3) is 0 Å². The smallest absolute Gasteiger partial charge is 0.257 e. The van der Waals surface area contributed by atoms with Crippen molar-refractivity contribution in [2.45, 2.75) is 12.5 Å². The van der Waals surface area contributed by atoms with Crippen molar-refractivity contribution in [3.63, 3.8) is 0 Å². The fraction of sp³-hybridized carbons (Fsp3) is 0.400. The number of likely N-dealkylation sites (tertiary alicyclic amines) is 1. The zero-order valence-corrected chi connectivity index (χ0v) is 9.31. The molecule has 1 aliphatic rings. The lowest BCUT2D eigenvalue weighted by Crippen LogP contribution is -2.30. The number of anilines is 1. The Labute approximate surface area is 97.8 Å². The Morgan fingerprint density at radius 3 is 3.06 bits per heavy atom. The number of β-amino-alcohol motifs (C(OH)–C–C–N with tert-alkyl or cyclic N) is 1. The number of amides is 1. The van der Waals surface area contributed by atoms with Gasteiger partial charge in [0.1, 0.15) is 5.82 Å². The molecular weight excluding hydrogens is 230 g/mol. The summed E-state index contributed by atoms with van der Waals surface area (Å²) >= 11 is 5.76. The molecule has 1 saturated heterocycles. The van der Waals surface area contributed by atoms with Crippen LogP contribution in [0.2, 0.25) is 5.02 Å². The van der Waals surface area contributed by atoms with Crippen LogP contribution in [0.1, 0.15) is 16.8 Å². The number of nitrogens with zero attached hydrogens (tertiary/aromatic N) is 2. The minimum Gasteiger partial charge on any atom is -0.391 e. The fourth-order valence-electron chi connectivity index (χ4n) is 1.72.